The number of hydrogen-bond donors (Lipinski definition) is 2. The summed E-state index contributed by atoms with van der Waals surface area (Å²) in [4.78, 5) is 48.7. The maximum Gasteiger partial charge on any atom is 0.490 e. The monoisotopic (exact) mass is 399 g/mol. The number of carbonyl (C=O) groups is 4. The largest absolute Gasteiger partial charge is 0.490 e. The van der Waals surface area contributed by atoms with Crippen molar-refractivity contribution in [2.45, 2.75) is 44.3 Å². The second kappa shape index (κ2) is 7.23. The van der Waals surface area contributed by atoms with E-state index in [1.54, 1.807) is 0 Å². The molecule has 3 N–H and O–H groups in total. The van der Waals surface area contributed by atoms with Gasteiger partial charge in [-0.1, -0.05) is 12.1 Å². The van der Waals surface area contributed by atoms with Gasteiger partial charge in [-0.3, -0.25) is 25.4 Å². The molecule has 0 bridgehead atoms. The number of ether oxygens (including phenoxy) is 1. The Kier molecular flexibility index (Phi) is 5.11. The number of fused-ring (bicyclic) bond motifs is 1. The maximum atomic E-state index is 12.7. The molecule has 1 saturated heterocycles. The van der Waals surface area contributed by atoms with Crippen LogP contribution in [0.2, 0.25) is 0 Å². The van der Waals surface area contributed by atoms with Gasteiger partial charge in [0.15, 0.2) is 6.23 Å². The second-order valence-corrected chi connectivity index (χ2v) is 6.45. The van der Waals surface area contributed by atoms with E-state index < -0.39 is 42.1 Å². The van der Waals surface area contributed by atoms with Crippen molar-refractivity contribution in [3.8, 4) is 0 Å². The maximum absolute atomic E-state index is 12.7. The highest BCUT2D eigenvalue weighted by Gasteiger charge is 2.43. The van der Waals surface area contributed by atoms with Crippen LogP contribution in [0.15, 0.2) is 18.2 Å². The molecule has 1 aromatic rings. The number of rotatable bonds is 3. The molecule has 2 atom stereocenters. The number of alkyl halides is 3. The SMILES string of the molecule is N[C@@H](OC(=O)C(F)(F)F)c1cccc2c1CN(C1CCCC(=O)NC1=O)C2=O. The van der Waals surface area contributed by atoms with Gasteiger partial charge in [-0.2, -0.15) is 13.2 Å². The van der Waals surface area contributed by atoms with Crippen molar-refractivity contribution in [3.05, 3.63) is 34.9 Å². The van der Waals surface area contributed by atoms with Crippen molar-refractivity contribution in [2.75, 3.05) is 0 Å². The Labute approximate surface area is 156 Å². The van der Waals surface area contributed by atoms with Crippen LogP contribution in [0.5, 0.6) is 0 Å². The van der Waals surface area contributed by atoms with E-state index in [2.05, 4.69) is 10.1 Å². The fourth-order valence-electron chi connectivity index (χ4n) is 3.31. The summed E-state index contributed by atoms with van der Waals surface area (Å²) in [6, 6.07) is 3.29. The highest BCUT2D eigenvalue weighted by molar-refractivity contribution is 6.04. The number of benzene rings is 1. The van der Waals surface area contributed by atoms with Crippen LogP contribution in [0.25, 0.3) is 0 Å². The highest BCUT2D eigenvalue weighted by atomic mass is 19.4. The summed E-state index contributed by atoms with van der Waals surface area (Å²) in [6.45, 7) is -0.103. The molecular weight excluding hydrogens is 383 g/mol. The van der Waals surface area contributed by atoms with Crippen LogP contribution in [-0.2, 0) is 25.7 Å². The molecule has 0 aromatic heterocycles. The van der Waals surface area contributed by atoms with Crippen LogP contribution in [0.1, 0.15) is 47.0 Å². The molecule has 1 aromatic carbocycles. The summed E-state index contributed by atoms with van der Waals surface area (Å²) in [5.41, 5.74) is 6.08. The molecule has 2 heterocycles. The quantitative estimate of drug-likeness (QED) is 0.443. The average molecular weight is 399 g/mol. The van der Waals surface area contributed by atoms with E-state index in [9.17, 15) is 32.3 Å². The van der Waals surface area contributed by atoms with Crippen LogP contribution in [0.3, 0.4) is 0 Å². The first-order valence-corrected chi connectivity index (χ1v) is 8.39. The summed E-state index contributed by atoms with van der Waals surface area (Å²) >= 11 is 0. The van der Waals surface area contributed by atoms with Gasteiger partial charge in [-0.05, 0) is 24.5 Å². The standard InChI is InChI=1S/C17H16F3N3O5/c18-17(19,20)16(27)28-13(21)8-3-1-4-9-10(8)7-23(15(9)26)11-5-2-6-12(24)22-14(11)25/h1,3-4,11,13H,2,5-7,21H2,(H,22,24,25)/t11?,13-/m0/s1. The summed E-state index contributed by atoms with van der Waals surface area (Å²) in [5, 5.41) is 2.21. The predicted molar refractivity (Wildman–Crippen MR) is 86.2 cm³/mol. The van der Waals surface area contributed by atoms with Crippen LogP contribution >= 0.6 is 0 Å². The van der Waals surface area contributed by atoms with Crippen LogP contribution in [-0.4, -0.2) is 40.8 Å². The molecule has 1 fully saturated rings. The van der Waals surface area contributed by atoms with Gasteiger partial charge in [0.05, 0.1) is 0 Å². The van der Waals surface area contributed by atoms with E-state index in [0.29, 0.717) is 6.42 Å². The molecule has 150 valence electrons. The van der Waals surface area contributed by atoms with Gasteiger partial charge in [-0.15, -0.1) is 0 Å². The van der Waals surface area contributed by atoms with Crippen molar-refractivity contribution in [2.24, 2.45) is 5.73 Å². The van der Waals surface area contributed by atoms with E-state index in [4.69, 9.17) is 5.73 Å². The van der Waals surface area contributed by atoms with Gasteiger partial charge < -0.3 is 9.64 Å². The number of amides is 3. The Hall–Kier alpha value is -2.95. The van der Waals surface area contributed by atoms with Gasteiger partial charge in [0, 0.05) is 24.1 Å². The molecular formula is C17H16F3N3O5. The lowest BCUT2D eigenvalue weighted by Gasteiger charge is -2.25. The summed E-state index contributed by atoms with van der Waals surface area (Å²) in [6.07, 6.45) is -6.12. The van der Waals surface area contributed by atoms with Crippen molar-refractivity contribution in [1.29, 1.82) is 0 Å². The number of halogens is 3. The third kappa shape index (κ3) is 3.70. The molecule has 11 heteroatoms. The molecule has 0 aliphatic carbocycles. The molecule has 1 unspecified atom stereocenters. The van der Waals surface area contributed by atoms with E-state index in [1.165, 1.54) is 23.1 Å². The molecule has 8 nitrogen and oxygen atoms in total. The molecule has 28 heavy (non-hydrogen) atoms. The number of carbonyl (C=O) groups excluding carboxylic acids is 4. The van der Waals surface area contributed by atoms with Crippen LogP contribution < -0.4 is 11.1 Å². The van der Waals surface area contributed by atoms with E-state index in [0.717, 1.165) is 0 Å². The molecule has 0 saturated carbocycles. The number of esters is 1. The topological polar surface area (TPSA) is 119 Å². The zero-order chi connectivity index (χ0) is 20.6. The third-order valence-electron chi connectivity index (χ3n) is 4.63. The predicted octanol–water partition coefficient (Wildman–Crippen LogP) is 0.900. The van der Waals surface area contributed by atoms with E-state index in [1.807, 2.05) is 0 Å². The minimum absolute atomic E-state index is 0.0380. The normalized spacial score (nSPS) is 21.1. The molecule has 3 rings (SSSR count). The van der Waals surface area contributed by atoms with E-state index in [-0.39, 0.29) is 36.1 Å². The third-order valence-corrected chi connectivity index (χ3v) is 4.63. The lowest BCUT2D eigenvalue weighted by Crippen LogP contribution is -2.47. The number of nitrogens with two attached hydrogens (primary N) is 1. The number of hydrogen-bond acceptors (Lipinski definition) is 6. The fraction of sp³-hybridized carbons (Fsp3) is 0.412. The Bertz CT molecular complexity index is 855. The van der Waals surface area contributed by atoms with Gasteiger partial charge in [0.2, 0.25) is 11.8 Å². The zero-order valence-corrected chi connectivity index (χ0v) is 14.4. The van der Waals surface area contributed by atoms with Gasteiger partial charge in [0.1, 0.15) is 6.04 Å². The molecule has 0 spiro atoms. The average Bonchev–Trinajstić information content (AvgIpc) is 2.84. The summed E-state index contributed by atoms with van der Waals surface area (Å²) in [7, 11) is 0. The zero-order valence-electron chi connectivity index (χ0n) is 14.4. The van der Waals surface area contributed by atoms with Crippen molar-refractivity contribution >= 4 is 23.7 Å². The Morgan fingerprint density at radius 3 is 2.68 bits per heavy atom. The number of imide groups is 1. The first kappa shape index (κ1) is 19.8. The van der Waals surface area contributed by atoms with Crippen molar-refractivity contribution < 1.29 is 37.1 Å². The first-order chi connectivity index (χ1) is 13.1. The number of nitrogens with zero attached hydrogens (tertiary/aromatic N) is 1. The lowest BCUT2D eigenvalue weighted by atomic mass is 10.0. The highest BCUT2D eigenvalue weighted by Crippen LogP contribution is 2.32. The molecule has 0 radical (unpaired) electrons. The Morgan fingerprint density at radius 1 is 1.29 bits per heavy atom. The minimum atomic E-state index is -5.21. The van der Waals surface area contributed by atoms with Gasteiger partial charge in [-0.25, -0.2) is 4.79 Å². The summed E-state index contributed by atoms with van der Waals surface area (Å²) in [5.74, 6) is -4.00. The van der Waals surface area contributed by atoms with Crippen LogP contribution in [0, 0.1) is 0 Å². The molecule has 2 aliphatic heterocycles. The van der Waals surface area contributed by atoms with Gasteiger partial charge in [0.25, 0.3) is 5.91 Å². The first-order valence-electron chi connectivity index (χ1n) is 8.39. The van der Waals surface area contributed by atoms with Crippen molar-refractivity contribution in [1.82, 2.24) is 10.2 Å². The fourth-order valence-corrected chi connectivity index (χ4v) is 3.31. The lowest BCUT2D eigenvalue weighted by molar-refractivity contribution is -0.205. The van der Waals surface area contributed by atoms with Gasteiger partial charge >= 0.3 is 12.1 Å². The molecule has 3 amide bonds. The second-order valence-electron chi connectivity index (χ2n) is 6.45. The Morgan fingerprint density at radius 2 is 2.00 bits per heavy atom. The molecule has 2 aliphatic rings. The van der Waals surface area contributed by atoms with Crippen LogP contribution in [0.4, 0.5) is 13.2 Å². The Balaban J connectivity index is 1.85. The summed E-state index contributed by atoms with van der Waals surface area (Å²) < 4.78 is 41.5. The minimum Gasteiger partial charge on any atom is -0.436 e. The van der Waals surface area contributed by atoms with E-state index >= 15 is 0 Å². The smallest absolute Gasteiger partial charge is 0.436 e. The number of nitrogens with one attached hydrogen (secondary N) is 1. The van der Waals surface area contributed by atoms with Crippen molar-refractivity contribution in [3.63, 3.8) is 0 Å².